The van der Waals surface area contributed by atoms with E-state index in [-0.39, 0.29) is 5.41 Å². The van der Waals surface area contributed by atoms with E-state index in [4.69, 9.17) is 0 Å². The lowest BCUT2D eigenvalue weighted by atomic mass is 9.70. The largest absolute Gasteiger partial charge is 0.0654 e. The molecule has 0 aromatic heterocycles. The van der Waals surface area contributed by atoms with Crippen LogP contribution in [0.2, 0.25) is 0 Å². The van der Waals surface area contributed by atoms with Crippen LogP contribution >= 0.6 is 0 Å². The molecule has 0 unspecified atom stereocenters. The summed E-state index contributed by atoms with van der Waals surface area (Å²) < 4.78 is 0. The molecule has 1 aliphatic carbocycles. The predicted molar refractivity (Wildman–Crippen MR) is 169 cm³/mol. The summed E-state index contributed by atoms with van der Waals surface area (Å²) >= 11 is 0. The van der Waals surface area contributed by atoms with Gasteiger partial charge in [-0.15, -0.1) is 0 Å². The van der Waals surface area contributed by atoms with Gasteiger partial charge in [0.25, 0.3) is 0 Å². The summed E-state index contributed by atoms with van der Waals surface area (Å²) in [5.41, 5.74) is 12.0. The molecule has 0 saturated carbocycles. The first-order valence-electron chi connectivity index (χ1n) is 15.6. The maximum Gasteiger partial charge on any atom is 0.0215 e. The highest BCUT2D eigenvalue weighted by molar-refractivity contribution is 5.82. The van der Waals surface area contributed by atoms with Crippen molar-refractivity contribution in [3.8, 4) is 11.1 Å². The van der Waals surface area contributed by atoms with Gasteiger partial charge in [-0.2, -0.15) is 0 Å². The molecule has 0 saturated heterocycles. The van der Waals surface area contributed by atoms with Gasteiger partial charge in [0.2, 0.25) is 0 Å². The zero-order valence-electron chi connectivity index (χ0n) is 24.2. The standard InChI is InChI=1S/C39H46/c1-3-5-7-15-25-39(26-16-8-6-4-2)37-29-33(27-31-17-11-9-12-18-31)21-23-35(37)36-24-22-34(30-38(36)39)28-32-19-13-10-14-20-32/h9-14,17-24,29-30H,3-8,15-16,25-28H2,1-2H3. The van der Waals surface area contributed by atoms with Crippen molar-refractivity contribution in [2.24, 2.45) is 0 Å². The predicted octanol–water partition coefficient (Wildman–Crippen LogP) is 11.1. The second kappa shape index (κ2) is 13.3. The third-order valence-corrected chi connectivity index (χ3v) is 8.91. The molecule has 4 aromatic rings. The van der Waals surface area contributed by atoms with Crippen LogP contribution in [0.3, 0.4) is 0 Å². The lowest BCUT2D eigenvalue weighted by Gasteiger charge is -2.33. The molecule has 39 heavy (non-hydrogen) atoms. The van der Waals surface area contributed by atoms with Gasteiger partial charge >= 0.3 is 0 Å². The Hall–Kier alpha value is -3.12. The molecule has 0 atom stereocenters. The molecule has 0 radical (unpaired) electrons. The van der Waals surface area contributed by atoms with Gasteiger partial charge in [-0.05, 0) is 70.2 Å². The van der Waals surface area contributed by atoms with Gasteiger partial charge in [0.15, 0.2) is 0 Å². The molecular formula is C39H46. The van der Waals surface area contributed by atoms with Crippen molar-refractivity contribution < 1.29 is 0 Å². The smallest absolute Gasteiger partial charge is 0.0215 e. The Kier molecular flexibility index (Phi) is 9.36. The fourth-order valence-corrected chi connectivity index (χ4v) is 6.84. The van der Waals surface area contributed by atoms with E-state index in [9.17, 15) is 0 Å². The molecule has 0 fully saturated rings. The van der Waals surface area contributed by atoms with Crippen LogP contribution < -0.4 is 0 Å². The van der Waals surface area contributed by atoms with Crippen LogP contribution in [0.15, 0.2) is 97.1 Å². The van der Waals surface area contributed by atoms with Crippen LogP contribution in [-0.2, 0) is 18.3 Å². The second-order valence-electron chi connectivity index (χ2n) is 11.8. The first-order chi connectivity index (χ1) is 19.2. The SMILES string of the molecule is CCCCCCC1(CCCCCC)c2cc(Cc3ccccc3)ccc2-c2ccc(Cc3ccccc3)cc21. The highest BCUT2D eigenvalue weighted by atomic mass is 14.4. The van der Waals surface area contributed by atoms with Crippen molar-refractivity contribution in [2.45, 2.75) is 96.3 Å². The third kappa shape index (κ3) is 6.38. The third-order valence-electron chi connectivity index (χ3n) is 8.91. The number of unbranched alkanes of at least 4 members (excludes halogenated alkanes) is 6. The molecule has 1 aliphatic rings. The summed E-state index contributed by atoms with van der Waals surface area (Å²) in [4.78, 5) is 0. The molecule has 0 spiro atoms. The molecule has 0 nitrogen and oxygen atoms in total. The summed E-state index contributed by atoms with van der Waals surface area (Å²) in [7, 11) is 0. The number of hydrogen-bond donors (Lipinski definition) is 0. The summed E-state index contributed by atoms with van der Waals surface area (Å²) in [6.45, 7) is 4.65. The number of benzene rings is 4. The van der Waals surface area contributed by atoms with Gasteiger partial charge < -0.3 is 0 Å². The summed E-state index contributed by atoms with van der Waals surface area (Å²) in [5, 5.41) is 0. The van der Waals surface area contributed by atoms with E-state index in [2.05, 4.69) is 111 Å². The van der Waals surface area contributed by atoms with Gasteiger partial charge in [-0.3, -0.25) is 0 Å². The number of fused-ring (bicyclic) bond motifs is 3. The van der Waals surface area contributed by atoms with Crippen molar-refractivity contribution in [1.29, 1.82) is 0 Å². The first-order valence-corrected chi connectivity index (χ1v) is 15.6. The van der Waals surface area contributed by atoms with Gasteiger partial charge in [0.05, 0.1) is 0 Å². The van der Waals surface area contributed by atoms with Gasteiger partial charge in [-0.25, -0.2) is 0 Å². The Balaban J connectivity index is 1.56. The Labute approximate surface area is 237 Å². The maximum atomic E-state index is 2.60. The maximum absolute atomic E-state index is 2.60. The number of rotatable bonds is 14. The average Bonchev–Trinajstić information content (AvgIpc) is 3.23. The van der Waals surface area contributed by atoms with E-state index < -0.39 is 0 Å². The Bertz CT molecular complexity index is 1210. The normalized spacial score (nSPS) is 13.3. The van der Waals surface area contributed by atoms with E-state index >= 15 is 0 Å². The Morgan fingerprint density at radius 2 is 0.872 bits per heavy atom. The van der Waals surface area contributed by atoms with Crippen LogP contribution in [0.4, 0.5) is 0 Å². The number of hydrogen-bond acceptors (Lipinski definition) is 0. The van der Waals surface area contributed by atoms with Crippen molar-refractivity contribution in [3.05, 3.63) is 130 Å². The minimum absolute atomic E-state index is 0.131. The van der Waals surface area contributed by atoms with Crippen LogP contribution in [0.1, 0.15) is 111 Å². The molecule has 0 amide bonds. The highest BCUT2D eigenvalue weighted by Gasteiger charge is 2.42. The minimum Gasteiger partial charge on any atom is -0.0654 e. The van der Waals surface area contributed by atoms with Gasteiger partial charge in [-0.1, -0.05) is 162 Å². The average molecular weight is 515 g/mol. The van der Waals surface area contributed by atoms with Crippen molar-refractivity contribution in [1.82, 2.24) is 0 Å². The lowest BCUT2D eigenvalue weighted by molar-refractivity contribution is 0.400. The summed E-state index contributed by atoms with van der Waals surface area (Å²) in [6.07, 6.45) is 15.1. The molecule has 202 valence electrons. The summed E-state index contributed by atoms with van der Waals surface area (Å²) in [5.74, 6) is 0. The van der Waals surface area contributed by atoms with E-state index in [1.165, 1.54) is 97.6 Å². The Morgan fingerprint density at radius 1 is 0.436 bits per heavy atom. The van der Waals surface area contributed by atoms with Crippen molar-refractivity contribution in [2.75, 3.05) is 0 Å². The minimum atomic E-state index is 0.131. The molecule has 0 heteroatoms. The first kappa shape index (κ1) is 27.4. The van der Waals surface area contributed by atoms with Gasteiger partial charge in [0, 0.05) is 5.41 Å². The summed E-state index contributed by atoms with van der Waals surface area (Å²) in [6, 6.07) is 36.8. The zero-order chi connectivity index (χ0) is 26.9. The molecule has 0 heterocycles. The van der Waals surface area contributed by atoms with Crippen LogP contribution in [0, 0.1) is 0 Å². The van der Waals surface area contributed by atoms with Gasteiger partial charge in [0.1, 0.15) is 0 Å². The van der Waals surface area contributed by atoms with E-state index in [1.54, 1.807) is 11.1 Å². The Morgan fingerprint density at radius 3 is 1.28 bits per heavy atom. The molecule has 0 N–H and O–H groups in total. The second-order valence-corrected chi connectivity index (χ2v) is 11.8. The van der Waals surface area contributed by atoms with Crippen LogP contribution in [-0.4, -0.2) is 0 Å². The monoisotopic (exact) mass is 514 g/mol. The quantitative estimate of drug-likeness (QED) is 0.147. The van der Waals surface area contributed by atoms with Crippen molar-refractivity contribution in [3.63, 3.8) is 0 Å². The highest BCUT2D eigenvalue weighted by Crippen LogP contribution is 2.54. The fraction of sp³-hybridized carbons (Fsp3) is 0.385. The van der Waals surface area contributed by atoms with E-state index in [1.807, 2.05) is 0 Å². The molecule has 5 rings (SSSR count). The molecule has 0 aliphatic heterocycles. The zero-order valence-corrected chi connectivity index (χ0v) is 24.2. The van der Waals surface area contributed by atoms with E-state index in [0.29, 0.717) is 0 Å². The van der Waals surface area contributed by atoms with Crippen LogP contribution in [0.25, 0.3) is 11.1 Å². The molecule has 4 aromatic carbocycles. The topological polar surface area (TPSA) is 0 Å². The van der Waals surface area contributed by atoms with Crippen LogP contribution in [0.5, 0.6) is 0 Å². The molecular weight excluding hydrogens is 468 g/mol. The van der Waals surface area contributed by atoms with Crippen molar-refractivity contribution >= 4 is 0 Å². The lowest BCUT2D eigenvalue weighted by Crippen LogP contribution is -2.26. The molecule has 0 bridgehead atoms. The van der Waals surface area contributed by atoms with E-state index in [0.717, 1.165) is 12.8 Å². The fourth-order valence-electron chi connectivity index (χ4n) is 6.84.